The molecule has 150 valence electrons. The topological polar surface area (TPSA) is 105 Å². The summed E-state index contributed by atoms with van der Waals surface area (Å²) in [6.07, 6.45) is 10.6. The Labute approximate surface area is 159 Å². The minimum atomic E-state index is -0.695. The van der Waals surface area contributed by atoms with E-state index < -0.39 is 24.5 Å². The van der Waals surface area contributed by atoms with Crippen molar-refractivity contribution in [3.63, 3.8) is 0 Å². The molecule has 1 heterocycles. The highest BCUT2D eigenvalue weighted by molar-refractivity contribution is 5.95. The predicted molar refractivity (Wildman–Crippen MR) is 98.7 cm³/mol. The van der Waals surface area contributed by atoms with Gasteiger partial charge in [-0.1, -0.05) is 18.1 Å². The third kappa shape index (κ3) is 8.23. The lowest BCUT2D eigenvalue weighted by Gasteiger charge is -2.19. The van der Waals surface area contributed by atoms with Gasteiger partial charge in [0.05, 0.1) is 0 Å². The molecule has 8 heteroatoms. The summed E-state index contributed by atoms with van der Waals surface area (Å²) in [7, 11) is 0. The molecule has 0 aromatic rings. The van der Waals surface area contributed by atoms with Crippen LogP contribution >= 0.6 is 0 Å². The van der Waals surface area contributed by atoms with Crippen LogP contribution in [-0.4, -0.2) is 55.0 Å². The first-order valence-corrected chi connectivity index (χ1v) is 9.73. The van der Waals surface area contributed by atoms with Crippen LogP contribution in [-0.2, 0) is 19.1 Å². The first-order valence-electron chi connectivity index (χ1n) is 9.73. The number of carbonyl (C=O) groups is 4. The van der Waals surface area contributed by atoms with Crippen LogP contribution in [0.15, 0.2) is 11.6 Å². The molecule has 0 spiro atoms. The van der Waals surface area contributed by atoms with Gasteiger partial charge in [0.15, 0.2) is 6.61 Å². The number of amides is 4. The lowest BCUT2D eigenvalue weighted by molar-refractivity contribution is -0.152. The number of nitrogens with zero attached hydrogens (tertiary/aromatic N) is 1. The second kappa shape index (κ2) is 11.4. The van der Waals surface area contributed by atoms with Crippen molar-refractivity contribution in [2.24, 2.45) is 0 Å². The molecular weight excluding hydrogens is 350 g/mol. The highest BCUT2D eigenvalue weighted by atomic mass is 16.5. The van der Waals surface area contributed by atoms with Gasteiger partial charge in [0.2, 0.25) is 5.91 Å². The van der Waals surface area contributed by atoms with Gasteiger partial charge in [0.1, 0.15) is 6.54 Å². The average Bonchev–Trinajstić information content (AvgIpc) is 2.85. The maximum absolute atomic E-state index is 11.8. The van der Waals surface area contributed by atoms with Crippen molar-refractivity contribution < 1.29 is 23.9 Å². The second-order valence-corrected chi connectivity index (χ2v) is 6.95. The van der Waals surface area contributed by atoms with Gasteiger partial charge in [-0.2, -0.15) is 0 Å². The molecular formula is C19H29N3O5. The number of hydrogen-bond donors (Lipinski definition) is 2. The Morgan fingerprint density at radius 3 is 2.67 bits per heavy atom. The fraction of sp³-hybridized carbons (Fsp3) is 0.684. The van der Waals surface area contributed by atoms with Crippen molar-refractivity contribution in [3.05, 3.63) is 11.6 Å². The van der Waals surface area contributed by atoms with Crippen molar-refractivity contribution in [2.45, 2.75) is 57.8 Å². The smallest absolute Gasteiger partial charge is 0.326 e. The number of ether oxygens (including phenoxy) is 1. The third-order valence-electron chi connectivity index (χ3n) is 4.73. The van der Waals surface area contributed by atoms with Crippen LogP contribution in [0.25, 0.3) is 0 Å². The number of urea groups is 1. The summed E-state index contributed by atoms with van der Waals surface area (Å²) >= 11 is 0. The second-order valence-electron chi connectivity index (χ2n) is 6.95. The van der Waals surface area contributed by atoms with Gasteiger partial charge in [0.25, 0.3) is 5.91 Å². The van der Waals surface area contributed by atoms with E-state index in [0.29, 0.717) is 19.5 Å². The fourth-order valence-corrected chi connectivity index (χ4v) is 3.23. The highest BCUT2D eigenvalue weighted by Crippen LogP contribution is 2.19. The van der Waals surface area contributed by atoms with E-state index in [1.165, 1.54) is 23.3 Å². The number of likely N-dealkylation sites (tertiary alicyclic amines) is 1. The first kappa shape index (κ1) is 20.9. The highest BCUT2D eigenvalue weighted by Gasteiger charge is 2.20. The summed E-state index contributed by atoms with van der Waals surface area (Å²) in [4.78, 5) is 48.5. The Morgan fingerprint density at radius 2 is 1.89 bits per heavy atom. The molecule has 1 fully saturated rings. The van der Waals surface area contributed by atoms with Gasteiger partial charge < -0.3 is 15.0 Å². The molecule has 4 amide bonds. The molecule has 1 aliphatic carbocycles. The number of esters is 1. The van der Waals surface area contributed by atoms with Crippen LogP contribution in [0.2, 0.25) is 0 Å². The standard InChI is InChI=1S/C19H29N3O5/c23-16(21-19(26)20-11-10-15-7-3-1-4-8-15)14-27-18(25)13-22-12-6-2-5-9-17(22)24/h7H,1-6,8-14H2,(H2,20,21,23,26). The summed E-state index contributed by atoms with van der Waals surface area (Å²) in [6.45, 7) is 0.285. The lowest BCUT2D eigenvalue weighted by Crippen LogP contribution is -2.42. The van der Waals surface area contributed by atoms with E-state index in [-0.39, 0.29) is 12.5 Å². The number of rotatable bonds is 7. The zero-order valence-electron chi connectivity index (χ0n) is 15.8. The first-order chi connectivity index (χ1) is 13.0. The zero-order chi connectivity index (χ0) is 19.5. The molecule has 8 nitrogen and oxygen atoms in total. The molecule has 0 radical (unpaired) electrons. The number of carbonyl (C=O) groups excluding carboxylic acids is 4. The van der Waals surface area contributed by atoms with Crippen molar-refractivity contribution >= 4 is 23.8 Å². The minimum Gasteiger partial charge on any atom is -0.454 e. The van der Waals surface area contributed by atoms with E-state index in [2.05, 4.69) is 16.7 Å². The van der Waals surface area contributed by atoms with E-state index in [4.69, 9.17) is 4.74 Å². The van der Waals surface area contributed by atoms with Crippen LogP contribution in [0.3, 0.4) is 0 Å². The van der Waals surface area contributed by atoms with E-state index in [9.17, 15) is 19.2 Å². The summed E-state index contributed by atoms with van der Waals surface area (Å²) < 4.78 is 4.86. The van der Waals surface area contributed by atoms with Gasteiger partial charge in [-0.25, -0.2) is 4.79 Å². The van der Waals surface area contributed by atoms with Crippen molar-refractivity contribution in [1.29, 1.82) is 0 Å². The molecule has 1 aliphatic heterocycles. The molecule has 1 saturated heterocycles. The maximum Gasteiger partial charge on any atom is 0.326 e. The van der Waals surface area contributed by atoms with Crippen molar-refractivity contribution in [3.8, 4) is 0 Å². The largest absolute Gasteiger partial charge is 0.454 e. The Hall–Kier alpha value is -2.38. The van der Waals surface area contributed by atoms with Crippen molar-refractivity contribution in [2.75, 3.05) is 26.2 Å². The van der Waals surface area contributed by atoms with Crippen LogP contribution in [0.5, 0.6) is 0 Å². The minimum absolute atomic E-state index is 0.0682. The van der Waals surface area contributed by atoms with E-state index in [1.807, 2.05) is 0 Å². The van der Waals surface area contributed by atoms with Crippen LogP contribution < -0.4 is 10.6 Å². The summed E-state index contributed by atoms with van der Waals surface area (Å²) in [5, 5.41) is 4.75. The quantitative estimate of drug-likeness (QED) is 0.517. The van der Waals surface area contributed by atoms with Crippen LogP contribution in [0, 0.1) is 0 Å². The summed E-state index contributed by atoms with van der Waals surface area (Å²) in [5.74, 6) is -1.41. The molecule has 0 unspecified atom stereocenters. The van der Waals surface area contributed by atoms with Gasteiger partial charge in [0, 0.05) is 19.5 Å². The normalized spacial score (nSPS) is 17.6. The Morgan fingerprint density at radius 1 is 1.07 bits per heavy atom. The van der Waals surface area contributed by atoms with Gasteiger partial charge in [-0.05, 0) is 44.9 Å². The molecule has 0 saturated carbocycles. The van der Waals surface area contributed by atoms with Gasteiger partial charge in [-0.15, -0.1) is 0 Å². The van der Waals surface area contributed by atoms with Crippen LogP contribution in [0.1, 0.15) is 57.8 Å². The van der Waals surface area contributed by atoms with Crippen molar-refractivity contribution in [1.82, 2.24) is 15.5 Å². The molecule has 0 atom stereocenters. The number of allylic oxidation sites excluding steroid dienone is 1. The third-order valence-corrected chi connectivity index (χ3v) is 4.73. The molecule has 0 aromatic heterocycles. The number of imide groups is 1. The monoisotopic (exact) mass is 379 g/mol. The Balaban J connectivity index is 1.58. The Kier molecular flexibility index (Phi) is 8.80. The van der Waals surface area contributed by atoms with Gasteiger partial charge >= 0.3 is 12.0 Å². The van der Waals surface area contributed by atoms with E-state index >= 15 is 0 Å². The molecule has 2 aliphatic rings. The summed E-state index contributed by atoms with van der Waals surface area (Å²) in [6, 6.07) is -0.602. The number of hydrogen-bond acceptors (Lipinski definition) is 5. The Bertz CT molecular complexity index is 588. The summed E-state index contributed by atoms with van der Waals surface area (Å²) in [5.41, 5.74) is 1.34. The molecule has 27 heavy (non-hydrogen) atoms. The number of nitrogens with one attached hydrogen (secondary N) is 2. The average molecular weight is 379 g/mol. The lowest BCUT2D eigenvalue weighted by atomic mass is 9.97. The molecule has 0 aromatic carbocycles. The molecule has 0 bridgehead atoms. The van der Waals surface area contributed by atoms with Gasteiger partial charge in [-0.3, -0.25) is 19.7 Å². The zero-order valence-corrected chi connectivity index (χ0v) is 15.8. The molecule has 2 rings (SSSR count). The SMILES string of the molecule is O=C(COC(=O)CN1CCCCCC1=O)NC(=O)NCCC1=CCCCC1. The fourth-order valence-electron chi connectivity index (χ4n) is 3.23. The van der Waals surface area contributed by atoms with Crippen LogP contribution in [0.4, 0.5) is 4.79 Å². The maximum atomic E-state index is 11.8. The molecule has 2 N–H and O–H groups in total. The van der Waals surface area contributed by atoms with E-state index in [0.717, 1.165) is 38.5 Å². The van der Waals surface area contributed by atoms with E-state index in [1.54, 1.807) is 0 Å². The predicted octanol–water partition coefficient (Wildman–Crippen LogP) is 1.65.